The summed E-state index contributed by atoms with van der Waals surface area (Å²) in [7, 11) is 0. The minimum absolute atomic E-state index is 0.620. The van der Waals surface area contributed by atoms with Gasteiger partial charge in [-0.3, -0.25) is 10.9 Å². The van der Waals surface area contributed by atoms with E-state index in [1.165, 1.54) is 19.3 Å². The van der Waals surface area contributed by atoms with Crippen molar-refractivity contribution in [3.05, 3.63) is 0 Å². The van der Waals surface area contributed by atoms with Gasteiger partial charge in [0.25, 0.3) is 0 Å². The second-order valence-corrected chi connectivity index (χ2v) is 4.56. The van der Waals surface area contributed by atoms with Crippen LogP contribution in [-0.2, 0) is 0 Å². The summed E-state index contributed by atoms with van der Waals surface area (Å²) in [5, 5.41) is 0. The SMILES string of the molecule is C1C2CC3(NN2)C1C1CC13. The van der Waals surface area contributed by atoms with Crippen LogP contribution in [0.25, 0.3) is 0 Å². The Hall–Kier alpha value is -0.0800. The third-order valence-electron chi connectivity index (χ3n) is 4.31. The Morgan fingerprint density at radius 2 is 2.10 bits per heavy atom. The molecule has 54 valence electrons. The Kier molecular flexibility index (Phi) is 0.504. The Labute approximate surface area is 60.3 Å². The maximum Gasteiger partial charge on any atom is 0.0401 e. The molecule has 10 heavy (non-hydrogen) atoms. The highest BCUT2D eigenvalue weighted by Gasteiger charge is 2.75. The first-order chi connectivity index (χ1) is 4.90. The number of rotatable bonds is 0. The van der Waals surface area contributed by atoms with Crippen molar-refractivity contribution in [2.75, 3.05) is 0 Å². The van der Waals surface area contributed by atoms with E-state index in [2.05, 4.69) is 10.9 Å². The van der Waals surface area contributed by atoms with Crippen LogP contribution in [0.5, 0.6) is 0 Å². The lowest BCUT2D eigenvalue weighted by Crippen LogP contribution is -2.60. The van der Waals surface area contributed by atoms with Crippen molar-refractivity contribution in [1.82, 2.24) is 10.9 Å². The fourth-order valence-electron chi connectivity index (χ4n) is 3.86. The van der Waals surface area contributed by atoms with Crippen LogP contribution in [0.4, 0.5) is 0 Å². The average Bonchev–Trinajstić information content (AvgIpc) is 2.45. The monoisotopic (exact) mass is 136 g/mol. The molecule has 1 spiro atoms. The van der Waals surface area contributed by atoms with E-state index in [0.717, 1.165) is 23.8 Å². The van der Waals surface area contributed by atoms with E-state index in [1.807, 2.05) is 0 Å². The molecular weight excluding hydrogens is 124 g/mol. The van der Waals surface area contributed by atoms with Crippen LogP contribution in [-0.4, -0.2) is 11.6 Å². The van der Waals surface area contributed by atoms with Gasteiger partial charge in [0.1, 0.15) is 0 Å². The molecule has 5 atom stereocenters. The molecule has 3 aliphatic carbocycles. The Bertz CT molecular complexity index is 215. The lowest BCUT2D eigenvalue weighted by Gasteiger charge is -2.44. The summed E-state index contributed by atoms with van der Waals surface area (Å²) in [6.07, 6.45) is 4.43. The Morgan fingerprint density at radius 1 is 1.20 bits per heavy atom. The standard InChI is InChI=1S/C8H12N2/c1-4-3-8(10-9-4)6(1)5-2-7(5)8/h4-7,9-10H,1-3H2. The summed E-state index contributed by atoms with van der Waals surface area (Å²) in [6.45, 7) is 0. The molecule has 2 bridgehead atoms. The fraction of sp³-hybridized carbons (Fsp3) is 1.00. The lowest BCUT2D eigenvalue weighted by atomic mass is 9.69. The third-order valence-corrected chi connectivity index (χ3v) is 4.31. The van der Waals surface area contributed by atoms with Gasteiger partial charge in [0.15, 0.2) is 0 Å². The minimum Gasteiger partial charge on any atom is -0.254 e. The van der Waals surface area contributed by atoms with Gasteiger partial charge in [-0.05, 0) is 37.0 Å². The summed E-state index contributed by atoms with van der Waals surface area (Å²) in [6, 6.07) is 0.831. The molecule has 0 aromatic carbocycles. The summed E-state index contributed by atoms with van der Waals surface area (Å²) in [5.41, 5.74) is 7.52. The zero-order valence-electron chi connectivity index (χ0n) is 5.93. The van der Waals surface area contributed by atoms with Gasteiger partial charge < -0.3 is 0 Å². The van der Waals surface area contributed by atoms with Crippen molar-refractivity contribution in [2.24, 2.45) is 17.8 Å². The van der Waals surface area contributed by atoms with Gasteiger partial charge in [-0.25, -0.2) is 0 Å². The summed E-state index contributed by atoms with van der Waals surface area (Å²) in [4.78, 5) is 0. The first kappa shape index (κ1) is 4.73. The number of hydrazine groups is 1. The molecule has 5 unspecified atom stereocenters. The van der Waals surface area contributed by atoms with Crippen LogP contribution in [0.3, 0.4) is 0 Å². The largest absolute Gasteiger partial charge is 0.254 e. The molecule has 1 aliphatic heterocycles. The van der Waals surface area contributed by atoms with Crippen molar-refractivity contribution in [2.45, 2.75) is 30.8 Å². The van der Waals surface area contributed by atoms with Crippen molar-refractivity contribution >= 4 is 0 Å². The molecule has 0 radical (unpaired) electrons. The van der Waals surface area contributed by atoms with Crippen LogP contribution in [0.1, 0.15) is 19.3 Å². The molecule has 4 fully saturated rings. The molecule has 0 aromatic rings. The zero-order chi connectivity index (χ0) is 6.34. The number of hydrogen-bond donors (Lipinski definition) is 2. The van der Waals surface area contributed by atoms with Gasteiger partial charge in [0.05, 0.1) is 0 Å². The van der Waals surface area contributed by atoms with Gasteiger partial charge >= 0.3 is 0 Å². The Balaban J connectivity index is 1.87. The first-order valence-corrected chi connectivity index (χ1v) is 4.43. The molecule has 0 aromatic heterocycles. The van der Waals surface area contributed by atoms with Crippen LogP contribution < -0.4 is 10.9 Å². The quantitative estimate of drug-likeness (QED) is 0.499. The van der Waals surface area contributed by atoms with Crippen LogP contribution in [0.2, 0.25) is 0 Å². The van der Waals surface area contributed by atoms with Crippen LogP contribution in [0, 0.1) is 17.8 Å². The first-order valence-electron chi connectivity index (χ1n) is 4.43. The second kappa shape index (κ2) is 1.07. The van der Waals surface area contributed by atoms with E-state index >= 15 is 0 Å². The number of hydrogen-bond acceptors (Lipinski definition) is 2. The molecule has 0 amide bonds. The second-order valence-electron chi connectivity index (χ2n) is 4.56. The molecule has 3 saturated carbocycles. The maximum atomic E-state index is 3.51. The molecule has 2 heteroatoms. The van der Waals surface area contributed by atoms with Gasteiger partial charge in [0.2, 0.25) is 0 Å². The number of fused-ring (bicyclic) bond motifs is 3. The van der Waals surface area contributed by atoms with Gasteiger partial charge in [0, 0.05) is 11.6 Å². The molecule has 1 heterocycles. The van der Waals surface area contributed by atoms with E-state index in [-0.39, 0.29) is 0 Å². The highest BCUT2D eigenvalue weighted by atomic mass is 15.5. The van der Waals surface area contributed by atoms with E-state index in [0.29, 0.717) is 5.54 Å². The Morgan fingerprint density at radius 3 is 2.90 bits per heavy atom. The normalized spacial score (nSPS) is 74.4. The molecule has 4 aliphatic rings. The highest BCUT2D eigenvalue weighted by molar-refractivity contribution is 5.29. The minimum atomic E-state index is 0.620. The van der Waals surface area contributed by atoms with Crippen molar-refractivity contribution < 1.29 is 0 Å². The van der Waals surface area contributed by atoms with E-state index in [9.17, 15) is 0 Å². The van der Waals surface area contributed by atoms with E-state index in [4.69, 9.17) is 0 Å². The summed E-state index contributed by atoms with van der Waals surface area (Å²) in [5.74, 6) is 3.31. The van der Waals surface area contributed by atoms with E-state index < -0.39 is 0 Å². The predicted molar refractivity (Wildman–Crippen MR) is 37.1 cm³/mol. The van der Waals surface area contributed by atoms with E-state index in [1.54, 1.807) is 0 Å². The molecule has 4 rings (SSSR count). The zero-order valence-corrected chi connectivity index (χ0v) is 5.93. The molecule has 2 nitrogen and oxygen atoms in total. The molecular formula is C8H12N2. The predicted octanol–water partition coefficient (Wildman–Crippen LogP) is 0.261. The smallest absolute Gasteiger partial charge is 0.0401 e. The fourth-order valence-corrected chi connectivity index (χ4v) is 3.86. The molecule has 1 saturated heterocycles. The van der Waals surface area contributed by atoms with Crippen LogP contribution in [0.15, 0.2) is 0 Å². The van der Waals surface area contributed by atoms with Crippen molar-refractivity contribution in [3.8, 4) is 0 Å². The highest BCUT2D eigenvalue weighted by Crippen LogP contribution is 2.72. The molecule has 2 N–H and O–H groups in total. The lowest BCUT2D eigenvalue weighted by molar-refractivity contribution is 0.0816. The van der Waals surface area contributed by atoms with Crippen LogP contribution >= 0.6 is 0 Å². The van der Waals surface area contributed by atoms with Gasteiger partial charge in [-0.15, -0.1) is 0 Å². The van der Waals surface area contributed by atoms with Gasteiger partial charge in [-0.1, -0.05) is 0 Å². The summed E-state index contributed by atoms with van der Waals surface area (Å²) >= 11 is 0. The maximum absolute atomic E-state index is 3.51. The average molecular weight is 136 g/mol. The third kappa shape index (κ3) is 0.278. The van der Waals surface area contributed by atoms with Gasteiger partial charge in [-0.2, -0.15) is 0 Å². The van der Waals surface area contributed by atoms with Crippen molar-refractivity contribution in [1.29, 1.82) is 0 Å². The topological polar surface area (TPSA) is 24.1 Å². The number of nitrogens with one attached hydrogen (secondary N) is 2. The summed E-state index contributed by atoms with van der Waals surface area (Å²) < 4.78 is 0. The van der Waals surface area contributed by atoms with Crippen molar-refractivity contribution in [3.63, 3.8) is 0 Å².